The molecule has 5 atom stereocenters. The average Bonchev–Trinajstić information content (AvgIpc) is 3.62. The van der Waals surface area contributed by atoms with Gasteiger partial charge < -0.3 is 14.4 Å². The van der Waals surface area contributed by atoms with Crippen molar-refractivity contribution in [2.24, 2.45) is 23.2 Å². The molecule has 0 aromatic heterocycles. The number of nitrogens with zero attached hydrogens (tertiary/aromatic N) is 2. The molecule has 1 heterocycles. The minimum absolute atomic E-state index is 0.0718. The van der Waals surface area contributed by atoms with Crippen molar-refractivity contribution in [3.8, 4) is 11.8 Å². The van der Waals surface area contributed by atoms with Crippen LogP contribution in [-0.4, -0.2) is 43.1 Å². The molecular formula is C29H35FN2O4. The monoisotopic (exact) mass is 494 g/mol. The second-order valence-corrected chi connectivity index (χ2v) is 11.6. The molecule has 2 saturated carbocycles. The van der Waals surface area contributed by atoms with Gasteiger partial charge >= 0.3 is 5.97 Å². The Morgan fingerprint density at radius 1 is 1.22 bits per heavy atom. The molecule has 1 aliphatic heterocycles. The van der Waals surface area contributed by atoms with Crippen molar-refractivity contribution in [1.29, 1.82) is 5.26 Å². The Balaban J connectivity index is 1.39. The predicted molar refractivity (Wildman–Crippen MR) is 132 cm³/mol. The summed E-state index contributed by atoms with van der Waals surface area (Å²) < 4.78 is 26.6. The van der Waals surface area contributed by atoms with Gasteiger partial charge in [-0.15, -0.1) is 0 Å². The number of hydrogen-bond acceptors (Lipinski definition) is 5. The van der Waals surface area contributed by atoms with Crippen molar-refractivity contribution in [3.63, 3.8) is 0 Å². The number of halogens is 1. The van der Waals surface area contributed by atoms with Crippen molar-refractivity contribution in [1.82, 2.24) is 4.90 Å². The van der Waals surface area contributed by atoms with Crippen LogP contribution in [0.25, 0.3) is 0 Å². The second kappa shape index (κ2) is 9.53. The molecule has 5 rings (SSSR count). The number of nitriles is 1. The maximum absolute atomic E-state index is 15.4. The Labute approximate surface area is 212 Å². The van der Waals surface area contributed by atoms with E-state index < -0.39 is 29.7 Å². The highest BCUT2D eigenvalue weighted by Crippen LogP contribution is 2.51. The largest absolute Gasteiger partial charge is 0.493 e. The Morgan fingerprint density at radius 3 is 2.69 bits per heavy atom. The van der Waals surface area contributed by atoms with E-state index in [-0.39, 0.29) is 29.9 Å². The van der Waals surface area contributed by atoms with Gasteiger partial charge in [-0.25, -0.2) is 9.18 Å². The number of ether oxygens (including phenoxy) is 2. The standard InChI is InChI=1S/C29H35FN2O4/c1-17-8-21-13-29(12-17,7-6-18(21)2)16-36-26-11-24(30)23(10-22(26)20-4-5-20)27(33)32-15-19(14-31)9-25(32)28(34)35-3/h6,10-11,17,19-21,25H,4-5,7-9,12-13,15-16H2,1-3H3/t17?,19-,21?,25+,29?/m1/s1. The van der Waals surface area contributed by atoms with Gasteiger partial charge in [0, 0.05) is 18.0 Å². The van der Waals surface area contributed by atoms with Crippen LogP contribution >= 0.6 is 0 Å². The molecule has 0 radical (unpaired) electrons. The number of likely N-dealkylation sites (tertiary alicyclic amines) is 1. The third kappa shape index (κ3) is 4.63. The van der Waals surface area contributed by atoms with E-state index in [1.165, 1.54) is 30.1 Å². The lowest BCUT2D eigenvalue weighted by Gasteiger charge is -2.46. The van der Waals surface area contributed by atoms with Gasteiger partial charge in [0.15, 0.2) is 0 Å². The summed E-state index contributed by atoms with van der Waals surface area (Å²) in [6, 6.07) is 4.22. The van der Waals surface area contributed by atoms with Crippen molar-refractivity contribution in [2.75, 3.05) is 20.3 Å². The number of carbonyl (C=O) groups is 2. The lowest BCUT2D eigenvalue weighted by molar-refractivity contribution is -0.145. The van der Waals surface area contributed by atoms with Crippen LogP contribution < -0.4 is 4.74 Å². The normalized spacial score (nSPS) is 31.4. The first-order chi connectivity index (χ1) is 17.2. The van der Waals surface area contributed by atoms with Gasteiger partial charge in [0.25, 0.3) is 5.91 Å². The summed E-state index contributed by atoms with van der Waals surface area (Å²) in [6.07, 6.45) is 8.94. The number of methoxy groups -OCH3 is 1. The highest BCUT2D eigenvalue weighted by molar-refractivity contribution is 5.98. The Bertz CT molecular complexity index is 1140. The molecule has 0 N–H and O–H groups in total. The lowest BCUT2D eigenvalue weighted by atomic mass is 9.60. The maximum atomic E-state index is 15.4. The Morgan fingerprint density at radius 2 is 2.00 bits per heavy atom. The van der Waals surface area contributed by atoms with E-state index in [0.29, 0.717) is 24.2 Å². The van der Waals surface area contributed by atoms with Crippen molar-refractivity contribution in [3.05, 3.63) is 40.7 Å². The molecule has 36 heavy (non-hydrogen) atoms. The zero-order valence-corrected chi connectivity index (χ0v) is 21.4. The number of allylic oxidation sites excluding steroid dienone is 2. The van der Waals surface area contributed by atoms with Gasteiger partial charge in [-0.05, 0) is 81.3 Å². The van der Waals surface area contributed by atoms with Gasteiger partial charge in [-0.2, -0.15) is 5.26 Å². The molecule has 0 spiro atoms. The summed E-state index contributed by atoms with van der Waals surface area (Å²) in [7, 11) is 1.25. The van der Waals surface area contributed by atoms with E-state index in [0.717, 1.165) is 37.7 Å². The minimum Gasteiger partial charge on any atom is -0.493 e. The smallest absolute Gasteiger partial charge is 0.328 e. The predicted octanol–water partition coefficient (Wildman–Crippen LogP) is 5.38. The van der Waals surface area contributed by atoms with Gasteiger partial charge in [0.2, 0.25) is 0 Å². The molecule has 3 fully saturated rings. The Hall–Kier alpha value is -2.88. The molecule has 2 bridgehead atoms. The highest BCUT2D eigenvalue weighted by Gasteiger charge is 2.44. The first-order valence-corrected chi connectivity index (χ1v) is 13.1. The molecule has 7 heteroatoms. The number of amides is 1. The fraction of sp³-hybridized carbons (Fsp3) is 0.621. The maximum Gasteiger partial charge on any atom is 0.328 e. The highest BCUT2D eigenvalue weighted by atomic mass is 19.1. The van der Waals surface area contributed by atoms with Crippen LogP contribution in [-0.2, 0) is 9.53 Å². The van der Waals surface area contributed by atoms with E-state index >= 15 is 4.39 Å². The summed E-state index contributed by atoms with van der Waals surface area (Å²) in [5.74, 6) is -0.288. The van der Waals surface area contributed by atoms with E-state index in [1.807, 2.05) is 0 Å². The number of carbonyl (C=O) groups excluding carboxylic acids is 2. The average molecular weight is 495 g/mol. The van der Waals surface area contributed by atoms with Crippen LogP contribution in [0, 0.1) is 40.3 Å². The zero-order chi connectivity index (χ0) is 25.6. The summed E-state index contributed by atoms with van der Waals surface area (Å²) in [6.45, 7) is 5.17. The van der Waals surface area contributed by atoms with E-state index in [4.69, 9.17) is 9.47 Å². The molecule has 1 aromatic rings. The fourth-order valence-electron chi connectivity index (χ4n) is 6.71. The third-order valence-corrected chi connectivity index (χ3v) is 8.75. The van der Waals surface area contributed by atoms with Crippen molar-refractivity contribution in [2.45, 2.75) is 70.8 Å². The van der Waals surface area contributed by atoms with Crippen LogP contribution in [0.15, 0.2) is 23.8 Å². The molecule has 4 aliphatic rings. The molecule has 3 aliphatic carbocycles. The zero-order valence-electron chi connectivity index (χ0n) is 21.4. The van der Waals surface area contributed by atoms with Crippen molar-refractivity contribution < 1.29 is 23.5 Å². The number of benzene rings is 1. The fourth-order valence-corrected chi connectivity index (χ4v) is 6.71. The summed E-state index contributed by atoms with van der Waals surface area (Å²) >= 11 is 0. The first-order valence-electron chi connectivity index (χ1n) is 13.1. The SMILES string of the molecule is COC(=O)[C@@H]1C[C@H](C#N)CN1C(=O)c1cc(C2CC2)c(OCC23CC=C(C)C(CC(C)C2)C3)cc1F. The van der Waals surface area contributed by atoms with Gasteiger partial charge in [0.1, 0.15) is 17.6 Å². The van der Waals surface area contributed by atoms with E-state index in [9.17, 15) is 14.9 Å². The number of hydrogen-bond donors (Lipinski definition) is 0. The quantitative estimate of drug-likeness (QED) is 0.392. The first kappa shape index (κ1) is 24.8. The van der Waals surface area contributed by atoms with Crippen LogP contribution in [0.1, 0.15) is 80.6 Å². The van der Waals surface area contributed by atoms with Crippen LogP contribution in [0.4, 0.5) is 4.39 Å². The number of esters is 1. The van der Waals surface area contributed by atoms with Gasteiger partial charge in [0.05, 0.1) is 31.3 Å². The molecule has 1 aromatic carbocycles. The molecule has 1 amide bonds. The molecular weight excluding hydrogens is 459 g/mol. The molecule has 1 saturated heterocycles. The van der Waals surface area contributed by atoms with Crippen LogP contribution in [0.2, 0.25) is 0 Å². The minimum atomic E-state index is -0.880. The molecule has 6 nitrogen and oxygen atoms in total. The summed E-state index contributed by atoms with van der Waals surface area (Å²) in [5.41, 5.74) is 2.35. The third-order valence-electron chi connectivity index (χ3n) is 8.75. The summed E-state index contributed by atoms with van der Waals surface area (Å²) in [5, 5.41) is 9.35. The lowest BCUT2D eigenvalue weighted by Crippen LogP contribution is -2.41. The Kier molecular flexibility index (Phi) is 6.57. The summed E-state index contributed by atoms with van der Waals surface area (Å²) in [4.78, 5) is 27.0. The van der Waals surface area contributed by atoms with Crippen LogP contribution in [0.5, 0.6) is 5.75 Å². The molecule has 192 valence electrons. The number of rotatable bonds is 6. The second-order valence-electron chi connectivity index (χ2n) is 11.6. The van der Waals surface area contributed by atoms with Gasteiger partial charge in [-0.3, -0.25) is 4.79 Å². The van der Waals surface area contributed by atoms with E-state index in [2.05, 4.69) is 26.0 Å². The van der Waals surface area contributed by atoms with E-state index in [1.54, 1.807) is 6.07 Å². The number of fused-ring (bicyclic) bond motifs is 2. The van der Waals surface area contributed by atoms with Gasteiger partial charge in [-0.1, -0.05) is 18.6 Å². The molecule has 3 unspecified atom stereocenters. The van der Waals surface area contributed by atoms with Crippen molar-refractivity contribution >= 4 is 11.9 Å². The topological polar surface area (TPSA) is 79.6 Å². The van der Waals surface area contributed by atoms with Crippen LogP contribution in [0.3, 0.4) is 0 Å².